The maximum atomic E-state index is 13.9. The van der Waals surface area contributed by atoms with E-state index in [1.807, 2.05) is 7.05 Å². The minimum absolute atomic E-state index is 0.0182. The molecule has 1 aromatic rings. The number of nitrogens with two attached hydrogens (primary N) is 1. The Labute approximate surface area is 279 Å². The zero-order valence-corrected chi connectivity index (χ0v) is 28.8. The number of nitrogens with zero attached hydrogens (tertiary/aromatic N) is 2. The second-order valence-corrected chi connectivity index (χ2v) is 17.6. The van der Waals surface area contributed by atoms with Crippen molar-refractivity contribution in [3.63, 3.8) is 0 Å². The Morgan fingerprint density at radius 3 is 2.53 bits per heavy atom. The number of morpholine rings is 1. The predicted molar refractivity (Wildman–Crippen MR) is 174 cm³/mol. The molecule has 7 fully saturated rings. The fourth-order valence-corrected chi connectivity index (χ4v) is 13.2. The van der Waals surface area contributed by atoms with Crippen molar-refractivity contribution in [2.75, 3.05) is 33.3 Å². The maximum Gasteiger partial charge on any atom is 0.231 e. The van der Waals surface area contributed by atoms with Crippen molar-refractivity contribution in [3.8, 4) is 0 Å². The fraction of sp³-hybridized carbons (Fsp3) is 0.816. The molecule has 7 nitrogen and oxygen atoms in total. The average molecular weight is 656 g/mol. The van der Waals surface area contributed by atoms with E-state index in [2.05, 4.69) is 30.6 Å². The van der Waals surface area contributed by atoms with Crippen molar-refractivity contribution in [2.24, 2.45) is 51.1 Å². The van der Waals surface area contributed by atoms with Gasteiger partial charge in [0.15, 0.2) is 6.29 Å². The lowest BCUT2D eigenvalue weighted by Gasteiger charge is -2.60. The molecule has 5 saturated carbocycles. The van der Waals surface area contributed by atoms with Gasteiger partial charge in [0.2, 0.25) is 5.91 Å². The van der Waals surface area contributed by atoms with Gasteiger partial charge in [0, 0.05) is 19.2 Å². The molecule has 7 aliphatic rings. The highest BCUT2D eigenvalue weighted by atomic mass is 19.1. The molecule has 8 rings (SSSR count). The molecule has 260 valence electrons. The summed E-state index contributed by atoms with van der Waals surface area (Å²) in [4.78, 5) is 15.7. The number of amides is 1. The monoisotopic (exact) mass is 655 g/mol. The molecule has 2 saturated heterocycles. The average Bonchev–Trinajstić information content (AvgIpc) is 3.57. The first-order valence-electron chi connectivity index (χ1n) is 18.4. The van der Waals surface area contributed by atoms with Gasteiger partial charge in [-0.25, -0.2) is 8.78 Å². The molecule has 2 N–H and O–H groups in total. The Hall–Kier alpha value is -1.65. The lowest BCUT2D eigenvalue weighted by Crippen LogP contribution is -2.56. The van der Waals surface area contributed by atoms with E-state index >= 15 is 0 Å². The minimum Gasteiger partial charge on any atom is -0.369 e. The van der Waals surface area contributed by atoms with Crippen LogP contribution in [0.1, 0.15) is 90.5 Å². The molecule has 5 aliphatic carbocycles. The summed E-state index contributed by atoms with van der Waals surface area (Å²) in [5, 5.41) is 0. The van der Waals surface area contributed by atoms with E-state index in [0.717, 1.165) is 31.2 Å². The van der Waals surface area contributed by atoms with Gasteiger partial charge < -0.3 is 19.9 Å². The largest absolute Gasteiger partial charge is 0.369 e. The third kappa shape index (κ3) is 5.14. The third-order valence-electron chi connectivity index (χ3n) is 15.2. The van der Waals surface area contributed by atoms with Gasteiger partial charge >= 0.3 is 0 Å². The summed E-state index contributed by atoms with van der Waals surface area (Å²) in [5.41, 5.74) is 7.43. The molecule has 9 heteroatoms. The summed E-state index contributed by atoms with van der Waals surface area (Å²) in [6.07, 6.45) is 12.4. The summed E-state index contributed by atoms with van der Waals surface area (Å²) < 4.78 is 47.5. The summed E-state index contributed by atoms with van der Waals surface area (Å²) in [5.74, 6) is 1.38. The number of ether oxygens (including phenoxy) is 3. The molecule has 11 atom stereocenters. The lowest BCUT2D eigenvalue weighted by molar-refractivity contribution is -0.244. The fourth-order valence-electron chi connectivity index (χ4n) is 13.2. The molecular weight excluding hydrogens is 600 g/mol. The lowest BCUT2D eigenvalue weighted by atomic mass is 9.46. The maximum absolute atomic E-state index is 13.9. The highest BCUT2D eigenvalue weighted by molar-refractivity contribution is 5.75. The van der Waals surface area contributed by atoms with Crippen LogP contribution in [0.5, 0.6) is 0 Å². The molecule has 0 bridgehead atoms. The van der Waals surface area contributed by atoms with Crippen molar-refractivity contribution in [2.45, 2.75) is 116 Å². The number of hydrogen-bond acceptors (Lipinski definition) is 6. The third-order valence-corrected chi connectivity index (χ3v) is 15.2. The van der Waals surface area contributed by atoms with Gasteiger partial charge in [0.1, 0.15) is 17.9 Å². The normalized spacial score (nSPS) is 45.3. The number of carbonyl (C=O) groups is 1. The molecular formula is C38H55F2N3O4. The number of primary amides is 1. The highest BCUT2D eigenvalue weighted by Gasteiger charge is 2.80. The summed E-state index contributed by atoms with van der Waals surface area (Å²) in [6.45, 7) is 10.1. The van der Waals surface area contributed by atoms with E-state index in [0.29, 0.717) is 65.8 Å². The molecule has 0 aromatic heterocycles. The minimum atomic E-state index is -0.525. The van der Waals surface area contributed by atoms with Crippen molar-refractivity contribution in [1.82, 2.24) is 9.80 Å². The second-order valence-electron chi connectivity index (χ2n) is 17.6. The van der Waals surface area contributed by atoms with Gasteiger partial charge in [-0.15, -0.1) is 0 Å². The second kappa shape index (κ2) is 11.4. The zero-order valence-electron chi connectivity index (χ0n) is 28.8. The van der Waals surface area contributed by atoms with Crippen molar-refractivity contribution < 1.29 is 27.8 Å². The van der Waals surface area contributed by atoms with Crippen LogP contribution in [0.3, 0.4) is 0 Å². The van der Waals surface area contributed by atoms with E-state index in [-0.39, 0.29) is 42.6 Å². The van der Waals surface area contributed by atoms with Crippen molar-refractivity contribution in [1.29, 1.82) is 0 Å². The smallest absolute Gasteiger partial charge is 0.231 e. The van der Waals surface area contributed by atoms with Crippen LogP contribution in [0.2, 0.25) is 0 Å². The molecule has 1 amide bonds. The van der Waals surface area contributed by atoms with Crippen LogP contribution in [-0.2, 0) is 25.5 Å². The van der Waals surface area contributed by atoms with Crippen LogP contribution in [0.4, 0.5) is 8.78 Å². The summed E-state index contributed by atoms with van der Waals surface area (Å²) >= 11 is 0. The van der Waals surface area contributed by atoms with E-state index < -0.39 is 11.6 Å². The molecule has 2 heterocycles. The Morgan fingerprint density at radius 2 is 1.77 bits per heavy atom. The van der Waals surface area contributed by atoms with Crippen molar-refractivity contribution in [3.05, 3.63) is 35.4 Å². The Bertz CT molecular complexity index is 1370. The molecule has 2 aliphatic heterocycles. The molecule has 1 aromatic carbocycles. The topological polar surface area (TPSA) is 77.3 Å². The summed E-state index contributed by atoms with van der Waals surface area (Å²) in [6, 6.07) is 3.80. The van der Waals surface area contributed by atoms with Gasteiger partial charge in [-0.05, 0) is 134 Å². The van der Waals surface area contributed by atoms with E-state index in [1.165, 1.54) is 57.1 Å². The number of benzene rings is 1. The Morgan fingerprint density at radius 1 is 1.00 bits per heavy atom. The molecule has 47 heavy (non-hydrogen) atoms. The first kappa shape index (κ1) is 32.5. The number of carbonyl (C=O) groups excluding carboxylic acids is 1. The van der Waals surface area contributed by atoms with Crippen LogP contribution >= 0.6 is 0 Å². The number of fused-ring (bicyclic) bond motifs is 4. The van der Waals surface area contributed by atoms with Gasteiger partial charge in [0.25, 0.3) is 0 Å². The zero-order chi connectivity index (χ0) is 32.9. The molecule has 0 radical (unpaired) electrons. The number of halogens is 2. The Kier molecular flexibility index (Phi) is 7.92. The predicted octanol–water partition coefficient (Wildman–Crippen LogP) is 6.09. The van der Waals surface area contributed by atoms with Crippen LogP contribution in [0.15, 0.2) is 18.2 Å². The summed E-state index contributed by atoms with van der Waals surface area (Å²) in [7, 11) is 2.03. The Balaban J connectivity index is 0.941. The van der Waals surface area contributed by atoms with Crippen molar-refractivity contribution >= 4 is 5.91 Å². The van der Waals surface area contributed by atoms with Gasteiger partial charge in [0.05, 0.1) is 31.9 Å². The highest BCUT2D eigenvalue weighted by Crippen LogP contribution is 2.87. The van der Waals surface area contributed by atoms with Gasteiger partial charge in [-0.2, -0.15) is 0 Å². The number of hydrogen-bond donors (Lipinski definition) is 1. The number of rotatable bonds is 7. The van der Waals surface area contributed by atoms with Crippen LogP contribution in [0, 0.1) is 57.0 Å². The van der Waals surface area contributed by atoms with Gasteiger partial charge in [-0.1, -0.05) is 20.8 Å². The van der Waals surface area contributed by atoms with Crippen LogP contribution < -0.4 is 5.73 Å². The van der Waals surface area contributed by atoms with E-state index in [9.17, 15) is 13.6 Å². The first-order chi connectivity index (χ1) is 22.3. The standard InChI is InChI=1S/C38H55F2N3O4/c1-35(2)30-7-5-26-28-18-29-27(6-8-33(46-29)42(4)19-23-15-24(39)17-25(40)16-23)36(28,3)11-12-37(26)22-38(30,37)10-9-31(35)47-34-21-43(13-14-45-34)20-32(41)44/h15-17,26-31,33-34H,5-14,18-22H2,1-4H3,(H2,41,44)/t26?,27?,28?,29?,30?,31-,33?,34?,36?,37-,38?/m0/s1. The van der Waals surface area contributed by atoms with Crippen LogP contribution in [0.25, 0.3) is 0 Å². The molecule has 9 unspecified atom stereocenters. The van der Waals surface area contributed by atoms with Gasteiger partial charge in [-0.3, -0.25) is 14.6 Å². The van der Waals surface area contributed by atoms with E-state index in [4.69, 9.17) is 19.9 Å². The van der Waals surface area contributed by atoms with E-state index in [1.54, 1.807) is 0 Å². The first-order valence-corrected chi connectivity index (χ1v) is 18.4. The quantitative estimate of drug-likeness (QED) is 0.383. The van der Waals surface area contributed by atoms with Crippen LogP contribution in [-0.4, -0.2) is 73.7 Å². The molecule has 2 spiro atoms. The SMILES string of the molecule is CN(Cc1cc(F)cc(F)c1)C1CCC2C(CC3C4CCC5C(C)(C)[C@@H](OC6CN(CC(N)=O)CCO6)CCC56C[C@@]46CCC23C)O1.